The fourth-order valence-electron chi connectivity index (χ4n) is 4.14. The minimum atomic E-state index is 0.251. The minimum Gasteiger partial charge on any atom is -0.361 e. The summed E-state index contributed by atoms with van der Waals surface area (Å²) in [6.45, 7) is 6.00. The van der Waals surface area contributed by atoms with Gasteiger partial charge in [0.1, 0.15) is 5.76 Å². The molecule has 20 heavy (non-hydrogen) atoms. The van der Waals surface area contributed by atoms with Gasteiger partial charge in [0.15, 0.2) is 0 Å². The van der Waals surface area contributed by atoms with Crippen LogP contribution < -0.4 is 0 Å². The molecule has 1 aliphatic carbocycles. The number of fused-ring (bicyclic) bond motifs is 1. The molecule has 2 heterocycles. The van der Waals surface area contributed by atoms with Gasteiger partial charge in [-0.15, -0.1) is 0 Å². The Balaban J connectivity index is 1.76. The van der Waals surface area contributed by atoms with E-state index >= 15 is 0 Å². The van der Waals surface area contributed by atoms with Gasteiger partial charge in [-0.3, -0.25) is 4.79 Å². The summed E-state index contributed by atoms with van der Waals surface area (Å²) < 4.78 is 5.17. The summed E-state index contributed by atoms with van der Waals surface area (Å²) >= 11 is 0. The molecule has 0 N–H and O–H groups in total. The molecule has 1 aliphatic heterocycles. The van der Waals surface area contributed by atoms with Crippen LogP contribution >= 0.6 is 0 Å². The van der Waals surface area contributed by atoms with Crippen LogP contribution in [0.3, 0.4) is 0 Å². The van der Waals surface area contributed by atoms with Crippen molar-refractivity contribution in [3.05, 3.63) is 17.0 Å². The molecule has 1 saturated carbocycles. The molecule has 1 amide bonds. The van der Waals surface area contributed by atoms with Gasteiger partial charge in [0.25, 0.3) is 0 Å². The van der Waals surface area contributed by atoms with Gasteiger partial charge in [-0.25, -0.2) is 0 Å². The highest BCUT2D eigenvalue weighted by Gasteiger charge is 2.42. The van der Waals surface area contributed by atoms with Crippen molar-refractivity contribution in [2.24, 2.45) is 5.92 Å². The lowest BCUT2D eigenvalue weighted by molar-refractivity contribution is -0.133. The molecular formula is C16H24N2O2. The van der Waals surface area contributed by atoms with Crippen LogP contribution in [0.5, 0.6) is 0 Å². The van der Waals surface area contributed by atoms with E-state index in [2.05, 4.69) is 17.0 Å². The SMILES string of the molecule is Cc1noc(C)c1CC(=O)N1[C@H](C)C[C@@H]2CCCC[C@H]21. The molecule has 0 spiro atoms. The summed E-state index contributed by atoms with van der Waals surface area (Å²) in [5, 5.41) is 3.95. The molecular weight excluding hydrogens is 252 g/mol. The minimum absolute atomic E-state index is 0.251. The first kappa shape index (κ1) is 13.7. The van der Waals surface area contributed by atoms with E-state index in [4.69, 9.17) is 4.52 Å². The topological polar surface area (TPSA) is 46.3 Å². The smallest absolute Gasteiger partial charge is 0.227 e. The zero-order valence-electron chi connectivity index (χ0n) is 12.7. The normalized spacial score (nSPS) is 29.6. The molecule has 1 aromatic heterocycles. The first-order chi connectivity index (χ1) is 9.58. The second-order valence-corrected chi connectivity index (χ2v) is 6.48. The van der Waals surface area contributed by atoms with Crippen LogP contribution in [0.15, 0.2) is 4.52 Å². The lowest BCUT2D eigenvalue weighted by Crippen LogP contribution is -2.43. The summed E-state index contributed by atoms with van der Waals surface area (Å²) in [7, 11) is 0. The standard InChI is InChI=1S/C16H24N2O2/c1-10-8-13-6-4-5-7-15(13)18(10)16(19)9-14-11(2)17-20-12(14)3/h10,13,15H,4-9H2,1-3H3/t10-,13+,15-/m1/s1. The summed E-state index contributed by atoms with van der Waals surface area (Å²) in [5.74, 6) is 1.76. The van der Waals surface area contributed by atoms with E-state index in [-0.39, 0.29) is 5.91 Å². The number of hydrogen-bond donors (Lipinski definition) is 0. The van der Waals surface area contributed by atoms with Crippen LogP contribution in [0.25, 0.3) is 0 Å². The summed E-state index contributed by atoms with van der Waals surface area (Å²) in [6.07, 6.45) is 6.70. The molecule has 3 rings (SSSR count). The molecule has 2 fully saturated rings. The Morgan fingerprint density at radius 1 is 1.35 bits per heavy atom. The van der Waals surface area contributed by atoms with Crippen LogP contribution in [-0.2, 0) is 11.2 Å². The quantitative estimate of drug-likeness (QED) is 0.834. The Bertz CT molecular complexity index is 489. The highest BCUT2D eigenvalue weighted by Crippen LogP contribution is 2.39. The molecule has 1 aromatic rings. The van der Waals surface area contributed by atoms with E-state index in [1.165, 1.54) is 32.1 Å². The lowest BCUT2D eigenvalue weighted by Gasteiger charge is -2.33. The number of carbonyl (C=O) groups excluding carboxylic acids is 1. The number of aromatic nitrogens is 1. The van der Waals surface area contributed by atoms with Crippen molar-refractivity contribution in [1.82, 2.24) is 10.1 Å². The van der Waals surface area contributed by atoms with Crippen LogP contribution in [0.2, 0.25) is 0 Å². The van der Waals surface area contributed by atoms with Crippen LogP contribution in [0, 0.1) is 19.8 Å². The van der Waals surface area contributed by atoms with Crippen LogP contribution in [0.4, 0.5) is 0 Å². The second kappa shape index (κ2) is 5.23. The number of carbonyl (C=O) groups is 1. The fourth-order valence-corrected chi connectivity index (χ4v) is 4.14. The Morgan fingerprint density at radius 3 is 2.80 bits per heavy atom. The number of nitrogens with zero attached hydrogens (tertiary/aromatic N) is 2. The predicted octanol–water partition coefficient (Wildman–Crippen LogP) is 3.01. The summed E-state index contributed by atoms with van der Waals surface area (Å²) in [6, 6.07) is 0.864. The van der Waals surface area contributed by atoms with Crippen molar-refractivity contribution in [2.75, 3.05) is 0 Å². The average molecular weight is 276 g/mol. The molecule has 3 atom stereocenters. The van der Waals surface area contributed by atoms with Crippen molar-refractivity contribution >= 4 is 5.91 Å². The maximum Gasteiger partial charge on any atom is 0.227 e. The molecule has 2 aliphatic rings. The van der Waals surface area contributed by atoms with E-state index in [9.17, 15) is 4.79 Å². The van der Waals surface area contributed by atoms with Gasteiger partial charge in [0.05, 0.1) is 12.1 Å². The Kier molecular flexibility index (Phi) is 3.57. The molecule has 1 saturated heterocycles. The van der Waals surface area contributed by atoms with Gasteiger partial charge >= 0.3 is 0 Å². The third-order valence-corrected chi connectivity index (χ3v) is 5.14. The summed E-state index contributed by atoms with van der Waals surface area (Å²) in [4.78, 5) is 14.9. The molecule has 110 valence electrons. The summed E-state index contributed by atoms with van der Waals surface area (Å²) in [5.41, 5.74) is 1.82. The molecule has 0 aromatic carbocycles. The van der Waals surface area contributed by atoms with Crippen LogP contribution in [0.1, 0.15) is 56.0 Å². The molecule has 0 unspecified atom stereocenters. The van der Waals surface area contributed by atoms with Crippen molar-refractivity contribution in [3.63, 3.8) is 0 Å². The maximum absolute atomic E-state index is 12.7. The highest BCUT2D eigenvalue weighted by molar-refractivity contribution is 5.80. The number of amides is 1. The highest BCUT2D eigenvalue weighted by atomic mass is 16.5. The second-order valence-electron chi connectivity index (χ2n) is 6.48. The van der Waals surface area contributed by atoms with Crippen molar-refractivity contribution in [1.29, 1.82) is 0 Å². The number of likely N-dealkylation sites (tertiary alicyclic amines) is 1. The van der Waals surface area contributed by atoms with E-state index < -0.39 is 0 Å². The van der Waals surface area contributed by atoms with Gasteiger partial charge in [0.2, 0.25) is 5.91 Å². The van der Waals surface area contributed by atoms with E-state index in [0.29, 0.717) is 18.5 Å². The molecule has 4 heteroatoms. The Hall–Kier alpha value is -1.32. The van der Waals surface area contributed by atoms with Gasteiger partial charge in [-0.1, -0.05) is 18.0 Å². The van der Waals surface area contributed by atoms with E-state index in [1.807, 2.05) is 13.8 Å². The number of aryl methyl sites for hydroxylation is 2. The third kappa shape index (κ3) is 2.25. The van der Waals surface area contributed by atoms with E-state index in [1.54, 1.807) is 0 Å². The first-order valence-corrected chi connectivity index (χ1v) is 7.81. The van der Waals surface area contributed by atoms with Gasteiger partial charge < -0.3 is 9.42 Å². The van der Waals surface area contributed by atoms with E-state index in [0.717, 1.165) is 22.9 Å². The Morgan fingerprint density at radius 2 is 2.10 bits per heavy atom. The molecule has 0 radical (unpaired) electrons. The van der Waals surface area contributed by atoms with Gasteiger partial charge in [-0.05, 0) is 46.0 Å². The first-order valence-electron chi connectivity index (χ1n) is 7.81. The largest absolute Gasteiger partial charge is 0.361 e. The van der Waals surface area contributed by atoms with Crippen molar-refractivity contribution < 1.29 is 9.32 Å². The Labute approximate surface area is 120 Å². The molecule has 0 bridgehead atoms. The predicted molar refractivity (Wildman–Crippen MR) is 76.4 cm³/mol. The third-order valence-electron chi connectivity index (χ3n) is 5.14. The number of rotatable bonds is 2. The van der Waals surface area contributed by atoms with Gasteiger partial charge in [-0.2, -0.15) is 0 Å². The zero-order chi connectivity index (χ0) is 14.3. The maximum atomic E-state index is 12.7. The van der Waals surface area contributed by atoms with Gasteiger partial charge in [0, 0.05) is 17.6 Å². The monoisotopic (exact) mass is 276 g/mol. The number of hydrogen-bond acceptors (Lipinski definition) is 3. The van der Waals surface area contributed by atoms with Crippen molar-refractivity contribution in [2.45, 2.75) is 71.4 Å². The van der Waals surface area contributed by atoms with Crippen molar-refractivity contribution in [3.8, 4) is 0 Å². The zero-order valence-corrected chi connectivity index (χ0v) is 12.7. The molecule has 4 nitrogen and oxygen atoms in total. The fraction of sp³-hybridized carbons (Fsp3) is 0.750. The lowest BCUT2D eigenvalue weighted by atomic mass is 9.85. The average Bonchev–Trinajstić information content (AvgIpc) is 2.91. The van der Waals surface area contributed by atoms with Crippen LogP contribution in [-0.4, -0.2) is 28.0 Å².